The molecule has 1 aromatic carbocycles. The maximum atomic E-state index is 3.65. The van der Waals surface area contributed by atoms with Crippen LogP contribution in [-0.4, -0.2) is 25.2 Å². The monoisotopic (exact) mass is 310 g/mol. The molecule has 1 aliphatic rings. The molecule has 1 heterocycles. The zero-order valence-electron chi connectivity index (χ0n) is 11.6. The number of hydrogen-bond acceptors (Lipinski definition) is 2. The minimum Gasteiger partial charge on any atom is -0.366 e. The molecular weight excluding hydrogens is 288 g/mol. The molecule has 1 fully saturated rings. The summed E-state index contributed by atoms with van der Waals surface area (Å²) in [6.07, 6.45) is 2.38. The molecule has 0 bridgehead atoms. The third-order valence-electron chi connectivity index (χ3n) is 3.85. The average molecular weight is 311 g/mol. The van der Waals surface area contributed by atoms with E-state index in [1.165, 1.54) is 28.6 Å². The molecule has 0 atom stereocenters. The Bertz CT molecular complexity index is 415. The van der Waals surface area contributed by atoms with E-state index in [-0.39, 0.29) is 5.54 Å². The minimum absolute atomic E-state index is 0.210. The molecular formula is C15H23BrN2. The molecule has 1 N–H and O–H groups in total. The standard InChI is InChI=1S/C15H23BrN2/c1-12-5-6-13(11-14(12)16)18-10-4-8-17-9-7-15(18,2)3/h5-6,11,17H,4,7-10H2,1-3H3. The van der Waals surface area contributed by atoms with Gasteiger partial charge in [-0.05, 0) is 64.4 Å². The van der Waals surface area contributed by atoms with Gasteiger partial charge >= 0.3 is 0 Å². The van der Waals surface area contributed by atoms with Crippen molar-refractivity contribution < 1.29 is 0 Å². The number of nitrogens with zero attached hydrogens (tertiary/aromatic N) is 1. The van der Waals surface area contributed by atoms with Crippen molar-refractivity contribution >= 4 is 21.6 Å². The third-order valence-corrected chi connectivity index (χ3v) is 4.70. The molecule has 18 heavy (non-hydrogen) atoms. The molecule has 0 aromatic heterocycles. The zero-order chi connectivity index (χ0) is 13.2. The van der Waals surface area contributed by atoms with Crippen LogP contribution in [0, 0.1) is 6.92 Å². The van der Waals surface area contributed by atoms with Crippen LogP contribution < -0.4 is 10.2 Å². The Morgan fingerprint density at radius 2 is 2.06 bits per heavy atom. The third kappa shape index (κ3) is 3.07. The van der Waals surface area contributed by atoms with Crippen LogP contribution in [0.25, 0.3) is 0 Å². The van der Waals surface area contributed by atoms with Crippen LogP contribution in [0.5, 0.6) is 0 Å². The Labute approximate surface area is 119 Å². The predicted octanol–water partition coefficient (Wildman–Crippen LogP) is 3.73. The highest BCUT2D eigenvalue weighted by Crippen LogP contribution is 2.30. The van der Waals surface area contributed by atoms with Crippen LogP contribution in [0.3, 0.4) is 0 Å². The fourth-order valence-corrected chi connectivity index (χ4v) is 2.91. The summed E-state index contributed by atoms with van der Waals surface area (Å²) in [5, 5.41) is 3.50. The number of halogens is 1. The number of anilines is 1. The Morgan fingerprint density at radius 3 is 2.78 bits per heavy atom. The number of rotatable bonds is 1. The quantitative estimate of drug-likeness (QED) is 0.850. The van der Waals surface area contributed by atoms with Gasteiger partial charge < -0.3 is 10.2 Å². The molecule has 2 nitrogen and oxygen atoms in total. The lowest BCUT2D eigenvalue weighted by atomic mass is 9.95. The molecule has 0 radical (unpaired) electrons. The zero-order valence-corrected chi connectivity index (χ0v) is 13.2. The first-order valence-corrected chi connectivity index (χ1v) is 7.54. The van der Waals surface area contributed by atoms with Gasteiger partial charge in [0.05, 0.1) is 0 Å². The van der Waals surface area contributed by atoms with Crippen molar-refractivity contribution in [3.05, 3.63) is 28.2 Å². The highest BCUT2D eigenvalue weighted by atomic mass is 79.9. The molecule has 100 valence electrons. The van der Waals surface area contributed by atoms with Crippen molar-refractivity contribution in [3.8, 4) is 0 Å². The summed E-state index contributed by atoms with van der Waals surface area (Å²) in [7, 11) is 0. The van der Waals surface area contributed by atoms with Gasteiger partial charge in [0.1, 0.15) is 0 Å². The summed E-state index contributed by atoms with van der Waals surface area (Å²) in [5.41, 5.74) is 2.84. The van der Waals surface area contributed by atoms with Crippen molar-refractivity contribution in [2.24, 2.45) is 0 Å². The summed E-state index contributed by atoms with van der Waals surface area (Å²) < 4.78 is 1.20. The van der Waals surface area contributed by atoms with E-state index in [1.807, 2.05) is 0 Å². The number of hydrogen-bond donors (Lipinski definition) is 1. The van der Waals surface area contributed by atoms with Gasteiger partial charge in [-0.3, -0.25) is 0 Å². The van der Waals surface area contributed by atoms with E-state index >= 15 is 0 Å². The molecule has 0 aliphatic carbocycles. The molecule has 1 saturated heterocycles. The largest absolute Gasteiger partial charge is 0.366 e. The maximum Gasteiger partial charge on any atom is 0.0382 e. The molecule has 1 aliphatic heterocycles. The summed E-state index contributed by atoms with van der Waals surface area (Å²) in [5.74, 6) is 0. The first kappa shape index (κ1) is 13.9. The predicted molar refractivity (Wildman–Crippen MR) is 82.4 cm³/mol. The van der Waals surface area contributed by atoms with Crippen molar-refractivity contribution in [2.75, 3.05) is 24.5 Å². The Balaban J connectivity index is 2.29. The van der Waals surface area contributed by atoms with Crippen molar-refractivity contribution in [2.45, 2.75) is 39.2 Å². The van der Waals surface area contributed by atoms with Gasteiger partial charge in [0.15, 0.2) is 0 Å². The van der Waals surface area contributed by atoms with Crippen LogP contribution in [0.1, 0.15) is 32.3 Å². The number of aryl methyl sites for hydroxylation is 1. The van der Waals surface area contributed by atoms with Crippen molar-refractivity contribution in [1.82, 2.24) is 5.32 Å². The highest BCUT2D eigenvalue weighted by Gasteiger charge is 2.27. The second-order valence-corrected chi connectivity index (χ2v) is 6.61. The van der Waals surface area contributed by atoms with E-state index in [9.17, 15) is 0 Å². The lowest BCUT2D eigenvalue weighted by Crippen LogP contribution is -2.49. The van der Waals surface area contributed by atoms with Crippen molar-refractivity contribution in [1.29, 1.82) is 0 Å². The fourth-order valence-electron chi connectivity index (χ4n) is 2.55. The molecule has 0 unspecified atom stereocenters. The summed E-state index contributed by atoms with van der Waals surface area (Å²) >= 11 is 3.65. The maximum absolute atomic E-state index is 3.65. The van der Waals surface area contributed by atoms with Gasteiger partial charge in [0.25, 0.3) is 0 Å². The smallest absolute Gasteiger partial charge is 0.0382 e. The summed E-state index contributed by atoms with van der Waals surface area (Å²) in [6, 6.07) is 6.70. The van der Waals surface area contributed by atoms with E-state index in [1.54, 1.807) is 0 Å². The van der Waals surface area contributed by atoms with Crippen LogP contribution in [-0.2, 0) is 0 Å². The minimum atomic E-state index is 0.210. The first-order chi connectivity index (χ1) is 8.50. The SMILES string of the molecule is Cc1ccc(N2CCCNCCC2(C)C)cc1Br. The first-order valence-electron chi connectivity index (χ1n) is 6.75. The van der Waals surface area contributed by atoms with Gasteiger partial charge in [-0.15, -0.1) is 0 Å². The number of nitrogens with one attached hydrogen (secondary N) is 1. The molecule has 2 rings (SSSR count). The summed E-state index contributed by atoms with van der Waals surface area (Å²) in [4.78, 5) is 2.55. The van der Waals surface area contributed by atoms with E-state index in [0.717, 1.165) is 19.6 Å². The number of benzene rings is 1. The second kappa shape index (κ2) is 5.62. The lowest BCUT2D eigenvalue weighted by Gasteiger charge is -2.42. The second-order valence-electron chi connectivity index (χ2n) is 5.75. The van der Waals surface area contributed by atoms with Gasteiger partial charge in [-0.1, -0.05) is 22.0 Å². The van der Waals surface area contributed by atoms with E-state index < -0.39 is 0 Å². The summed E-state index contributed by atoms with van der Waals surface area (Å²) in [6.45, 7) is 10.2. The Hall–Kier alpha value is -0.540. The average Bonchev–Trinajstić information content (AvgIpc) is 2.29. The fraction of sp³-hybridized carbons (Fsp3) is 0.600. The van der Waals surface area contributed by atoms with E-state index in [0.29, 0.717) is 0 Å². The Morgan fingerprint density at radius 1 is 1.28 bits per heavy atom. The van der Waals surface area contributed by atoms with Gasteiger partial charge in [0, 0.05) is 22.2 Å². The van der Waals surface area contributed by atoms with Gasteiger partial charge in [0.2, 0.25) is 0 Å². The molecule has 0 spiro atoms. The van der Waals surface area contributed by atoms with Crippen LogP contribution in [0.2, 0.25) is 0 Å². The Kier molecular flexibility index (Phi) is 4.33. The van der Waals surface area contributed by atoms with E-state index in [4.69, 9.17) is 0 Å². The molecule has 1 aromatic rings. The molecule has 0 saturated carbocycles. The van der Waals surface area contributed by atoms with E-state index in [2.05, 4.69) is 65.1 Å². The topological polar surface area (TPSA) is 15.3 Å². The highest BCUT2D eigenvalue weighted by molar-refractivity contribution is 9.10. The van der Waals surface area contributed by atoms with Crippen LogP contribution >= 0.6 is 15.9 Å². The van der Waals surface area contributed by atoms with Crippen molar-refractivity contribution in [3.63, 3.8) is 0 Å². The van der Waals surface area contributed by atoms with Gasteiger partial charge in [-0.2, -0.15) is 0 Å². The van der Waals surface area contributed by atoms with Gasteiger partial charge in [-0.25, -0.2) is 0 Å². The lowest BCUT2D eigenvalue weighted by molar-refractivity contribution is 0.387. The van der Waals surface area contributed by atoms with Crippen LogP contribution in [0.15, 0.2) is 22.7 Å². The van der Waals surface area contributed by atoms with Crippen LogP contribution in [0.4, 0.5) is 5.69 Å². The normalized spacial score (nSPS) is 20.3. The molecule has 0 amide bonds. The molecule has 3 heteroatoms.